The first kappa shape index (κ1) is 24.2. The molecular weight excluding hydrogens is 580 g/mol. The maximum atomic E-state index is 3.60. The van der Waals surface area contributed by atoms with Crippen LogP contribution in [0.2, 0.25) is 0 Å². The highest BCUT2D eigenvalue weighted by Crippen LogP contribution is 2.45. The quantitative estimate of drug-likeness (QED) is 0.176. The summed E-state index contributed by atoms with van der Waals surface area (Å²) in [6.45, 7) is 6.68. The average molecular weight is 606 g/mol. The molecule has 0 aliphatic rings. The van der Waals surface area contributed by atoms with Crippen LogP contribution in [-0.4, -0.2) is 0 Å². The minimum atomic E-state index is 1.09. The molecule has 6 aromatic carbocycles. The summed E-state index contributed by atoms with van der Waals surface area (Å²) in [6, 6.07) is 37.8. The highest BCUT2D eigenvalue weighted by Gasteiger charge is 2.18. The van der Waals surface area contributed by atoms with Gasteiger partial charge in [-0.05, 0) is 117 Å². The lowest BCUT2D eigenvalue weighted by Gasteiger charge is -2.20. The van der Waals surface area contributed by atoms with Crippen LogP contribution in [0.4, 0.5) is 0 Å². The predicted molar refractivity (Wildman–Crippen MR) is 167 cm³/mol. The number of benzene rings is 6. The van der Waals surface area contributed by atoms with Gasteiger partial charge in [-0.2, -0.15) is 0 Å². The lowest BCUT2D eigenvalue weighted by molar-refractivity contribution is 1.33. The van der Waals surface area contributed by atoms with E-state index in [1.807, 2.05) is 0 Å². The molecule has 0 aliphatic heterocycles. The zero-order valence-electron chi connectivity index (χ0n) is 21.1. The Bertz CT molecular complexity index is 1670. The zero-order valence-corrected chi connectivity index (χ0v) is 24.2. The molecule has 0 saturated carbocycles. The van der Waals surface area contributed by atoms with Crippen LogP contribution in [-0.2, 0) is 0 Å². The van der Waals surface area contributed by atoms with Crippen LogP contribution in [0.25, 0.3) is 54.9 Å². The summed E-state index contributed by atoms with van der Waals surface area (Å²) < 4.78 is 2.18. The van der Waals surface area contributed by atoms with Crippen LogP contribution in [0.15, 0.2) is 112 Å². The molecule has 0 radical (unpaired) electrons. The fourth-order valence-corrected chi connectivity index (χ4v) is 6.30. The van der Waals surface area contributed by atoms with Gasteiger partial charge in [0.2, 0.25) is 0 Å². The Labute approximate surface area is 235 Å². The second-order valence-electron chi connectivity index (χ2n) is 9.84. The molecule has 0 nitrogen and oxygen atoms in total. The van der Waals surface area contributed by atoms with Crippen molar-refractivity contribution in [2.45, 2.75) is 20.8 Å². The van der Waals surface area contributed by atoms with Crippen molar-refractivity contribution in [1.82, 2.24) is 0 Å². The molecule has 6 aromatic rings. The summed E-state index contributed by atoms with van der Waals surface area (Å²) >= 11 is 7.20. The van der Waals surface area contributed by atoms with Gasteiger partial charge >= 0.3 is 0 Å². The summed E-state index contributed by atoms with van der Waals surface area (Å²) in [5.41, 5.74) is 11.5. The number of aryl methyl sites for hydroxylation is 3. The van der Waals surface area contributed by atoms with Crippen LogP contribution in [0.3, 0.4) is 0 Å². The largest absolute Gasteiger partial charge is 0.0610 e. The van der Waals surface area contributed by atoms with Crippen molar-refractivity contribution in [3.63, 3.8) is 0 Å². The zero-order chi connectivity index (χ0) is 25.7. The smallest absolute Gasteiger partial charge is 0.0175 e. The second-order valence-corrected chi connectivity index (χ2v) is 11.7. The number of hydrogen-bond acceptors (Lipinski definition) is 0. The minimum Gasteiger partial charge on any atom is -0.0610 e. The summed E-state index contributed by atoms with van der Waals surface area (Å²) in [6.07, 6.45) is 0. The van der Waals surface area contributed by atoms with E-state index < -0.39 is 0 Å². The third-order valence-electron chi connectivity index (χ3n) is 7.28. The van der Waals surface area contributed by atoms with E-state index in [9.17, 15) is 0 Å². The normalized spacial score (nSPS) is 11.4. The second kappa shape index (κ2) is 9.59. The van der Waals surface area contributed by atoms with Gasteiger partial charge in [0.25, 0.3) is 0 Å². The third-order valence-corrected chi connectivity index (χ3v) is 8.33. The first-order chi connectivity index (χ1) is 17.9. The SMILES string of the molecule is Cc1cc(C)c(-c2c3cccc(-c4ccc(Br)cc4)c3cc3c(-c4ccc(Br)cc4)cccc23)c(C)c1. The maximum absolute atomic E-state index is 3.60. The molecular formula is C35H26Br2. The molecule has 0 spiro atoms. The van der Waals surface area contributed by atoms with Crippen LogP contribution < -0.4 is 0 Å². The summed E-state index contributed by atoms with van der Waals surface area (Å²) in [5.74, 6) is 0. The van der Waals surface area contributed by atoms with Crippen LogP contribution in [0.5, 0.6) is 0 Å². The van der Waals surface area contributed by atoms with Crippen molar-refractivity contribution in [1.29, 1.82) is 0 Å². The van der Waals surface area contributed by atoms with Crippen molar-refractivity contribution in [3.8, 4) is 33.4 Å². The van der Waals surface area contributed by atoms with Crippen molar-refractivity contribution in [2.75, 3.05) is 0 Å². The predicted octanol–water partition coefficient (Wildman–Crippen LogP) is 11.4. The maximum Gasteiger partial charge on any atom is 0.0175 e. The van der Waals surface area contributed by atoms with Gasteiger partial charge in [-0.15, -0.1) is 0 Å². The first-order valence-electron chi connectivity index (χ1n) is 12.5. The Hall–Kier alpha value is -3.20. The summed E-state index contributed by atoms with van der Waals surface area (Å²) in [4.78, 5) is 0. The van der Waals surface area contributed by atoms with Gasteiger partial charge in [-0.3, -0.25) is 0 Å². The highest BCUT2D eigenvalue weighted by molar-refractivity contribution is 9.10. The van der Waals surface area contributed by atoms with E-state index in [-0.39, 0.29) is 0 Å². The van der Waals surface area contributed by atoms with E-state index in [0.717, 1.165) is 8.95 Å². The Kier molecular flexibility index (Phi) is 6.26. The Morgan fingerprint density at radius 3 is 1.30 bits per heavy atom. The third kappa shape index (κ3) is 4.33. The number of hydrogen-bond donors (Lipinski definition) is 0. The van der Waals surface area contributed by atoms with E-state index >= 15 is 0 Å². The standard InChI is InChI=1S/C35H26Br2/c1-21-18-22(2)34(23(3)19-21)35-30-8-4-6-28(24-10-14-26(36)15-11-24)32(30)20-33-29(7-5-9-31(33)35)25-12-16-27(37)17-13-25/h4-20H,1-3H3. The van der Waals surface area contributed by atoms with Gasteiger partial charge in [0.05, 0.1) is 0 Å². The molecule has 0 atom stereocenters. The number of fused-ring (bicyclic) bond motifs is 2. The van der Waals surface area contributed by atoms with Crippen molar-refractivity contribution in [2.24, 2.45) is 0 Å². The van der Waals surface area contributed by atoms with Crippen LogP contribution in [0, 0.1) is 20.8 Å². The van der Waals surface area contributed by atoms with Gasteiger partial charge < -0.3 is 0 Å². The fourth-order valence-electron chi connectivity index (χ4n) is 5.77. The molecule has 0 heterocycles. The Morgan fingerprint density at radius 2 is 0.865 bits per heavy atom. The van der Waals surface area contributed by atoms with Crippen molar-refractivity contribution < 1.29 is 0 Å². The molecule has 0 aliphatic carbocycles. The average Bonchev–Trinajstić information content (AvgIpc) is 2.88. The topological polar surface area (TPSA) is 0 Å². The van der Waals surface area contributed by atoms with E-state index in [1.165, 1.54) is 71.6 Å². The molecule has 180 valence electrons. The number of halogens is 2. The molecule has 0 aromatic heterocycles. The lowest BCUT2D eigenvalue weighted by atomic mass is 9.83. The van der Waals surface area contributed by atoms with Gasteiger partial charge in [-0.25, -0.2) is 0 Å². The van der Waals surface area contributed by atoms with Crippen LogP contribution in [0.1, 0.15) is 16.7 Å². The molecule has 37 heavy (non-hydrogen) atoms. The molecule has 0 bridgehead atoms. The Morgan fingerprint density at radius 1 is 0.432 bits per heavy atom. The van der Waals surface area contributed by atoms with Crippen LogP contribution >= 0.6 is 31.9 Å². The van der Waals surface area contributed by atoms with E-state index in [1.54, 1.807) is 0 Å². The van der Waals surface area contributed by atoms with Gasteiger partial charge in [0.1, 0.15) is 0 Å². The van der Waals surface area contributed by atoms with Gasteiger partial charge in [0, 0.05) is 8.95 Å². The summed E-state index contributed by atoms with van der Waals surface area (Å²) in [5, 5.41) is 5.12. The fraction of sp³-hybridized carbons (Fsp3) is 0.0857. The highest BCUT2D eigenvalue weighted by atomic mass is 79.9. The molecule has 0 N–H and O–H groups in total. The molecule has 0 amide bonds. The van der Waals surface area contributed by atoms with Crippen molar-refractivity contribution in [3.05, 3.63) is 129 Å². The molecule has 6 rings (SSSR count). The molecule has 0 fully saturated rings. The van der Waals surface area contributed by atoms with Gasteiger partial charge in [0.15, 0.2) is 0 Å². The number of rotatable bonds is 3. The molecule has 0 saturated heterocycles. The minimum absolute atomic E-state index is 1.09. The summed E-state index contributed by atoms with van der Waals surface area (Å²) in [7, 11) is 0. The van der Waals surface area contributed by atoms with Crippen molar-refractivity contribution >= 4 is 53.4 Å². The lowest BCUT2D eigenvalue weighted by Crippen LogP contribution is -1.95. The van der Waals surface area contributed by atoms with E-state index in [4.69, 9.17) is 0 Å². The monoisotopic (exact) mass is 604 g/mol. The molecule has 2 heteroatoms. The van der Waals surface area contributed by atoms with E-state index in [0.29, 0.717) is 0 Å². The molecule has 0 unspecified atom stereocenters. The van der Waals surface area contributed by atoms with E-state index in [2.05, 4.69) is 156 Å². The van der Waals surface area contributed by atoms with Gasteiger partial charge in [-0.1, -0.05) is 110 Å². The first-order valence-corrected chi connectivity index (χ1v) is 14.1. The Balaban J connectivity index is 1.79.